The summed E-state index contributed by atoms with van der Waals surface area (Å²) in [6.07, 6.45) is 2.83. The maximum atomic E-state index is 12.8. The van der Waals surface area contributed by atoms with Gasteiger partial charge in [-0.05, 0) is 39.0 Å². The van der Waals surface area contributed by atoms with E-state index < -0.39 is 10.0 Å². The first-order valence-electron chi connectivity index (χ1n) is 6.94. The molecule has 1 aliphatic heterocycles. The second-order valence-electron chi connectivity index (χ2n) is 5.47. The number of aryl methyl sites for hydroxylation is 2. The Morgan fingerprint density at radius 3 is 2.65 bits per heavy atom. The van der Waals surface area contributed by atoms with E-state index in [1.165, 1.54) is 0 Å². The van der Waals surface area contributed by atoms with Crippen molar-refractivity contribution in [3.05, 3.63) is 11.4 Å². The standard InChI is InChI=1S/C13H22ClN3O2S/c1-10-13(11(2)16(3)15-10)20(18,19)17-8-4-5-12(9-17)6-7-14/h12H,4-9H2,1-3H3. The number of hydrogen-bond donors (Lipinski definition) is 0. The largest absolute Gasteiger partial charge is 0.271 e. The molecule has 7 heteroatoms. The molecule has 2 heterocycles. The third-order valence-electron chi connectivity index (χ3n) is 4.04. The minimum atomic E-state index is -3.45. The molecule has 2 rings (SSSR count). The van der Waals surface area contributed by atoms with Crippen molar-refractivity contribution in [1.29, 1.82) is 0 Å². The molecule has 1 aliphatic rings. The van der Waals surface area contributed by atoms with Crippen LogP contribution in [0.1, 0.15) is 30.7 Å². The van der Waals surface area contributed by atoms with Gasteiger partial charge in [0.2, 0.25) is 10.0 Å². The molecular weight excluding hydrogens is 298 g/mol. The van der Waals surface area contributed by atoms with Gasteiger partial charge in [-0.15, -0.1) is 11.6 Å². The molecule has 0 aromatic carbocycles. The number of piperidine rings is 1. The first-order valence-corrected chi connectivity index (χ1v) is 8.91. The van der Waals surface area contributed by atoms with Crippen LogP contribution in [0.15, 0.2) is 4.90 Å². The zero-order valence-corrected chi connectivity index (χ0v) is 13.8. The van der Waals surface area contributed by atoms with Crippen molar-refractivity contribution in [2.45, 2.75) is 38.0 Å². The maximum absolute atomic E-state index is 12.8. The number of aromatic nitrogens is 2. The molecule has 0 saturated carbocycles. The fraction of sp³-hybridized carbons (Fsp3) is 0.769. The van der Waals surface area contributed by atoms with E-state index in [0.29, 0.717) is 41.2 Å². The van der Waals surface area contributed by atoms with E-state index >= 15 is 0 Å². The van der Waals surface area contributed by atoms with Crippen molar-refractivity contribution in [3.8, 4) is 0 Å². The minimum absolute atomic E-state index is 0.367. The van der Waals surface area contributed by atoms with Gasteiger partial charge in [0.15, 0.2) is 0 Å². The van der Waals surface area contributed by atoms with Gasteiger partial charge in [-0.1, -0.05) is 0 Å². The van der Waals surface area contributed by atoms with Crippen LogP contribution in [-0.4, -0.2) is 41.5 Å². The number of alkyl halides is 1. The van der Waals surface area contributed by atoms with Gasteiger partial charge in [0, 0.05) is 26.0 Å². The first-order chi connectivity index (χ1) is 9.37. The fourth-order valence-electron chi connectivity index (χ4n) is 2.89. The van der Waals surface area contributed by atoms with E-state index in [1.54, 1.807) is 29.9 Å². The molecule has 0 N–H and O–H groups in total. The number of hydrogen-bond acceptors (Lipinski definition) is 3. The summed E-state index contributed by atoms with van der Waals surface area (Å²) in [4.78, 5) is 0.367. The van der Waals surface area contributed by atoms with Crippen LogP contribution in [0.2, 0.25) is 0 Å². The quantitative estimate of drug-likeness (QED) is 0.798. The Kier molecular flexibility index (Phi) is 4.76. The Morgan fingerprint density at radius 1 is 1.40 bits per heavy atom. The molecule has 5 nitrogen and oxygen atoms in total. The predicted molar refractivity (Wildman–Crippen MR) is 79.5 cm³/mol. The van der Waals surface area contributed by atoms with Crippen molar-refractivity contribution >= 4 is 21.6 Å². The smallest absolute Gasteiger partial charge is 0.246 e. The summed E-state index contributed by atoms with van der Waals surface area (Å²) < 4.78 is 28.9. The Hall–Kier alpha value is -0.590. The van der Waals surface area contributed by atoms with Crippen molar-refractivity contribution in [1.82, 2.24) is 14.1 Å². The Morgan fingerprint density at radius 2 is 2.10 bits per heavy atom. The van der Waals surface area contributed by atoms with Crippen LogP contribution in [0.3, 0.4) is 0 Å². The average molecular weight is 320 g/mol. The molecule has 0 amide bonds. The van der Waals surface area contributed by atoms with Gasteiger partial charge in [-0.25, -0.2) is 8.42 Å². The zero-order chi connectivity index (χ0) is 14.9. The molecule has 1 saturated heterocycles. The van der Waals surface area contributed by atoms with E-state index in [-0.39, 0.29) is 0 Å². The van der Waals surface area contributed by atoms with Gasteiger partial charge in [0.25, 0.3) is 0 Å². The SMILES string of the molecule is Cc1nn(C)c(C)c1S(=O)(=O)N1CCCC(CCCl)C1. The van der Waals surface area contributed by atoms with Crippen LogP contribution in [0, 0.1) is 19.8 Å². The van der Waals surface area contributed by atoms with Gasteiger partial charge in [0.1, 0.15) is 4.90 Å². The lowest BCUT2D eigenvalue weighted by Gasteiger charge is -2.31. The molecule has 1 aromatic rings. The normalized spacial score (nSPS) is 21.3. The van der Waals surface area contributed by atoms with E-state index in [2.05, 4.69) is 5.10 Å². The van der Waals surface area contributed by atoms with E-state index in [9.17, 15) is 8.42 Å². The van der Waals surface area contributed by atoms with Gasteiger partial charge >= 0.3 is 0 Å². The zero-order valence-electron chi connectivity index (χ0n) is 12.3. The van der Waals surface area contributed by atoms with E-state index in [1.807, 2.05) is 0 Å². The third-order valence-corrected chi connectivity index (χ3v) is 6.38. The summed E-state index contributed by atoms with van der Waals surface area (Å²) >= 11 is 5.79. The lowest BCUT2D eigenvalue weighted by Crippen LogP contribution is -2.40. The summed E-state index contributed by atoms with van der Waals surface area (Å²) in [5.74, 6) is 0.956. The predicted octanol–water partition coefficient (Wildman–Crippen LogP) is 2.07. The molecule has 0 bridgehead atoms. The van der Waals surface area contributed by atoms with E-state index in [4.69, 9.17) is 11.6 Å². The molecule has 20 heavy (non-hydrogen) atoms. The highest BCUT2D eigenvalue weighted by atomic mass is 35.5. The van der Waals surface area contributed by atoms with E-state index in [0.717, 1.165) is 19.3 Å². The highest BCUT2D eigenvalue weighted by molar-refractivity contribution is 7.89. The van der Waals surface area contributed by atoms with Crippen LogP contribution >= 0.6 is 11.6 Å². The molecular formula is C13H22ClN3O2S. The summed E-state index contributed by atoms with van der Waals surface area (Å²) in [5.41, 5.74) is 1.27. The van der Waals surface area contributed by atoms with Crippen molar-refractivity contribution in [2.75, 3.05) is 19.0 Å². The third kappa shape index (κ3) is 2.87. The van der Waals surface area contributed by atoms with Crippen LogP contribution in [0.5, 0.6) is 0 Å². The molecule has 1 atom stereocenters. The summed E-state index contributed by atoms with van der Waals surface area (Å²) in [5, 5.41) is 4.22. The summed E-state index contributed by atoms with van der Waals surface area (Å²) in [6.45, 7) is 4.71. The second-order valence-corrected chi connectivity index (χ2v) is 7.73. The Balaban J connectivity index is 2.30. The topological polar surface area (TPSA) is 55.2 Å². The van der Waals surface area contributed by atoms with Crippen molar-refractivity contribution in [3.63, 3.8) is 0 Å². The highest BCUT2D eigenvalue weighted by Crippen LogP contribution is 2.28. The van der Waals surface area contributed by atoms with Crippen LogP contribution in [0.4, 0.5) is 0 Å². The minimum Gasteiger partial charge on any atom is -0.271 e. The molecule has 114 valence electrons. The lowest BCUT2D eigenvalue weighted by molar-refractivity contribution is 0.262. The second kappa shape index (κ2) is 6.03. The van der Waals surface area contributed by atoms with Crippen LogP contribution in [0.25, 0.3) is 0 Å². The molecule has 1 fully saturated rings. The number of halogens is 1. The fourth-order valence-corrected chi connectivity index (χ4v) is 5.15. The van der Waals surface area contributed by atoms with Gasteiger partial charge in [-0.3, -0.25) is 4.68 Å². The Labute approximate surface area is 126 Å². The molecule has 0 aliphatic carbocycles. The number of nitrogens with zero attached hydrogens (tertiary/aromatic N) is 3. The maximum Gasteiger partial charge on any atom is 0.246 e. The monoisotopic (exact) mass is 319 g/mol. The van der Waals surface area contributed by atoms with Crippen molar-refractivity contribution < 1.29 is 8.42 Å². The molecule has 0 spiro atoms. The molecule has 1 aromatic heterocycles. The van der Waals surface area contributed by atoms with Crippen molar-refractivity contribution in [2.24, 2.45) is 13.0 Å². The molecule has 1 unspecified atom stereocenters. The molecule has 0 radical (unpaired) electrons. The first kappa shape index (κ1) is 15.8. The van der Waals surface area contributed by atoms with Gasteiger partial charge in [0.05, 0.1) is 11.4 Å². The summed E-state index contributed by atoms with van der Waals surface area (Å²) in [7, 11) is -1.68. The lowest BCUT2D eigenvalue weighted by atomic mass is 9.97. The van der Waals surface area contributed by atoms with Gasteiger partial charge in [-0.2, -0.15) is 9.40 Å². The van der Waals surface area contributed by atoms with Crippen LogP contribution in [-0.2, 0) is 17.1 Å². The highest BCUT2D eigenvalue weighted by Gasteiger charge is 2.33. The van der Waals surface area contributed by atoms with Gasteiger partial charge < -0.3 is 0 Å². The number of rotatable bonds is 4. The number of sulfonamides is 1. The summed E-state index contributed by atoms with van der Waals surface area (Å²) in [6, 6.07) is 0. The average Bonchev–Trinajstić information content (AvgIpc) is 2.64. The van der Waals surface area contributed by atoms with Crippen LogP contribution < -0.4 is 0 Å². The Bertz CT molecular complexity index is 581.